The van der Waals surface area contributed by atoms with E-state index in [2.05, 4.69) is 25.6 Å². The number of aromatic nitrogens is 1. The molecule has 0 spiro atoms. The zero-order chi connectivity index (χ0) is 38.6. The number of Topliss-reactive ketones (excluding diaryl/α,β-unsaturated/α-hetero) is 1. The number of hydrogen-bond donors (Lipinski definition) is 1. The number of rotatable bonds is 7. The minimum absolute atomic E-state index is 0.0130. The molecule has 1 saturated heterocycles. The van der Waals surface area contributed by atoms with Gasteiger partial charge in [-0.2, -0.15) is 13.2 Å². The highest BCUT2D eigenvalue weighted by molar-refractivity contribution is 9.10. The maximum atomic E-state index is 14.6. The van der Waals surface area contributed by atoms with Crippen LogP contribution in [0.4, 0.5) is 17.6 Å². The Labute approximate surface area is 323 Å². The molecule has 2 aliphatic heterocycles. The van der Waals surface area contributed by atoms with E-state index < -0.39 is 73.4 Å². The first-order chi connectivity index (χ1) is 25.5. The van der Waals surface area contributed by atoms with Crippen molar-refractivity contribution >= 4 is 65.1 Å². The molecule has 7 rings (SSSR count). The van der Waals surface area contributed by atoms with Crippen molar-refractivity contribution in [2.45, 2.75) is 101 Å². The number of allylic oxidation sites excluding steroid dienone is 2. The van der Waals surface area contributed by atoms with Crippen LogP contribution in [0, 0.1) is 23.1 Å². The Bertz CT molecular complexity index is 2120. The number of ketones is 1. The number of carbonyl (C=O) groups excluding carboxylic acids is 3. The van der Waals surface area contributed by atoms with Crippen LogP contribution in [-0.4, -0.2) is 59.3 Å². The highest BCUT2D eigenvalue weighted by atomic mass is 79.9. The van der Waals surface area contributed by atoms with Gasteiger partial charge >= 0.3 is 6.18 Å². The third-order valence-electron chi connectivity index (χ3n) is 11.3. The lowest BCUT2D eigenvalue weighted by atomic mass is 9.89. The monoisotopic (exact) mass is 853 g/mol. The summed E-state index contributed by atoms with van der Waals surface area (Å²) in [5, 5.41) is 0.328. The number of ether oxygens (including phenoxy) is 1. The minimum atomic E-state index is -4.79. The van der Waals surface area contributed by atoms with E-state index in [1.54, 1.807) is 6.92 Å². The summed E-state index contributed by atoms with van der Waals surface area (Å²) in [4.78, 5) is 48.8. The van der Waals surface area contributed by atoms with Crippen LogP contribution in [0.3, 0.4) is 0 Å². The fraction of sp³-hybridized carbons (Fsp3) is 0.526. The number of halogens is 5. The minimum Gasteiger partial charge on any atom is -0.465 e. The number of sulfonamides is 1. The van der Waals surface area contributed by atoms with Crippen molar-refractivity contribution < 1.29 is 45.1 Å². The Balaban J connectivity index is 1.20. The fourth-order valence-electron chi connectivity index (χ4n) is 7.71. The normalized spacial score (nSPS) is 28.1. The van der Waals surface area contributed by atoms with Crippen LogP contribution in [-0.2, 0) is 37.0 Å². The molecule has 290 valence electrons. The number of alkyl halides is 3. The van der Waals surface area contributed by atoms with E-state index in [4.69, 9.17) is 4.74 Å². The van der Waals surface area contributed by atoms with Crippen LogP contribution in [0.2, 0.25) is 0 Å². The number of carbonyl (C=O) groups is 3. The number of fused-ring (bicyclic) bond motifs is 3. The van der Waals surface area contributed by atoms with Gasteiger partial charge in [-0.3, -0.25) is 19.1 Å². The highest BCUT2D eigenvalue weighted by Gasteiger charge is 2.62. The molecule has 5 atom stereocenters. The standard InChI is InChI=1S/C38H40BrF4N3O6S2/c1-36(11-12-36)54(50,51)45-34(49)37-19-24(37)8-6-4-2-3-5-7-23(13-22-14-25(38(41,42)43)16-27(40)15-22)33(48)46-21-28(18-30(46)31(47)20-37)52-35-44-29-10-9-26(39)17-32(29)53-35/h6,8-10,14-17,23-24,28,30H,2-5,7,11-13,18-21H2,1H3,(H,45,49)/b8-6-/t23-,24-,28-,30+,37-/m1/s1. The third-order valence-corrected chi connectivity index (χ3v) is 14.9. The molecule has 2 saturated carbocycles. The molecule has 0 radical (unpaired) electrons. The van der Waals surface area contributed by atoms with Gasteiger partial charge in [0.2, 0.25) is 21.8 Å². The summed E-state index contributed by atoms with van der Waals surface area (Å²) in [6, 6.07) is 6.76. The molecule has 16 heteroatoms. The van der Waals surface area contributed by atoms with E-state index >= 15 is 0 Å². The largest absolute Gasteiger partial charge is 0.465 e. The molecular weight excluding hydrogens is 814 g/mol. The molecule has 0 bridgehead atoms. The van der Waals surface area contributed by atoms with E-state index in [1.165, 1.54) is 16.2 Å². The zero-order valence-corrected chi connectivity index (χ0v) is 32.7. The van der Waals surface area contributed by atoms with Gasteiger partial charge in [0.05, 0.1) is 38.5 Å². The molecule has 54 heavy (non-hydrogen) atoms. The van der Waals surface area contributed by atoms with Crippen molar-refractivity contribution in [3.05, 3.63) is 70.0 Å². The summed E-state index contributed by atoms with van der Waals surface area (Å²) < 4.78 is 90.9. The Hall–Kier alpha value is -3.37. The van der Waals surface area contributed by atoms with Gasteiger partial charge in [0.1, 0.15) is 11.9 Å². The van der Waals surface area contributed by atoms with Gasteiger partial charge < -0.3 is 9.64 Å². The topological polar surface area (TPSA) is 123 Å². The molecule has 9 nitrogen and oxygen atoms in total. The fourth-order valence-corrected chi connectivity index (χ4v) is 10.5. The van der Waals surface area contributed by atoms with Gasteiger partial charge in [-0.05, 0) is 99.7 Å². The van der Waals surface area contributed by atoms with Gasteiger partial charge in [-0.25, -0.2) is 17.8 Å². The molecular formula is C38H40BrF4N3O6S2. The maximum absolute atomic E-state index is 14.6. The number of amides is 2. The van der Waals surface area contributed by atoms with E-state index in [-0.39, 0.29) is 43.7 Å². The van der Waals surface area contributed by atoms with E-state index in [1.807, 2.05) is 30.4 Å². The van der Waals surface area contributed by atoms with Crippen molar-refractivity contribution in [3.8, 4) is 5.19 Å². The Morgan fingerprint density at radius 3 is 2.65 bits per heavy atom. The molecule has 1 N–H and O–H groups in total. The van der Waals surface area contributed by atoms with Crippen molar-refractivity contribution in [2.24, 2.45) is 17.3 Å². The number of nitrogens with zero attached hydrogens (tertiary/aromatic N) is 2. The summed E-state index contributed by atoms with van der Waals surface area (Å²) >= 11 is 4.74. The molecule has 2 aliphatic carbocycles. The van der Waals surface area contributed by atoms with Crippen LogP contribution >= 0.6 is 27.3 Å². The van der Waals surface area contributed by atoms with Crippen LogP contribution in [0.25, 0.3) is 10.2 Å². The SMILES string of the molecule is CC1(S(=O)(=O)NC(=O)[C@]23CC(=O)[C@@H]4C[C@@H](Oc5nc6ccc(Br)cc6s5)CN4C(=O)[C@@H](Cc4cc(F)cc(C(F)(F)F)c4)CCCCC/C=C\[C@@H]2C3)CC1. The highest BCUT2D eigenvalue weighted by Crippen LogP contribution is 2.57. The van der Waals surface area contributed by atoms with E-state index in [9.17, 15) is 40.4 Å². The smallest absolute Gasteiger partial charge is 0.416 e. The van der Waals surface area contributed by atoms with Gasteiger partial charge in [-0.1, -0.05) is 52.3 Å². The molecule has 3 fully saturated rings. The summed E-state index contributed by atoms with van der Waals surface area (Å²) in [5.41, 5.74) is -1.77. The average Bonchev–Trinajstić information content (AvgIpc) is 3.91. The molecule has 2 amide bonds. The predicted octanol–water partition coefficient (Wildman–Crippen LogP) is 7.91. The number of nitrogens with one attached hydrogen (secondary N) is 1. The van der Waals surface area contributed by atoms with E-state index in [0.29, 0.717) is 55.3 Å². The average molecular weight is 855 g/mol. The lowest BCUT2D eigenvalue weighted by Gasteiger charge is -2.29. The second-order valence-electron chi connectivity index (χ2n) is 15.4. The van der Waals surface area contributed by atoms with Gasteiger partial charge in [-0.15, -0.1) is 0 Å². The van der Waals surface area contributed by atoms with Crippen LogP contribution in [0.15, 0.2) is 53.0 Å². The third kappa shape index (κ3) is 8.11. The first-order valence-electron chi connectivity index (χ1n) is 18.1. The Kier molecular flexibility index (Phi) is 10.5. The number of hydrogen-bond acceptors (Lipinski definition) is 8. The predicted molar refractivity (Wildman–Crippen MR) is 198 cm³/mol. The lowest BCUT2D eigenvalue weighted by molar-refractivity contribution is -0.142. The molecule has 1 aromatic heterocycles. The second-order valence-corrected chi connectivity index (χ2v) is 19.5. The molecule has 4 aliphatic rings. The molecule has 0 unspecified atom stereocenters. The lowest BCUT2D eigenvalue weighted by Crippen LogP contribution is -2.47. The zero-order valence-electron chi connectivity index (χ0n) is 29.5. The van der Waals surface area contributed by atoms with Gasteiger partial charge in [0.25, 0.3) is 5.19 Å². The summed E-state index contributed by atoms with van der Waals surface area (Å²) in [6.07, 6.45) is 1.91. The quantitative estimate of drug-likeness (QED) is 0.189. The second kappa shape index (κ2) is 14.6. The molecule has 3 heterocycles. The first-order valence-corrected chi connectivity index (χ1v) is 21.2. The Morgan fingerprint density at radius 2 is 1.91 bits per heavy atom. The van der Waals surface area contributed by atoms with Crippen LogP contribution in [0.1, 0.15) is 82.3 Å². The number of benzene rings is 2. The van der Waals surface area contributed by atoms with Crippen LogP contribution in [0.5, 0.6) is 5.19 Å². The summed E-state index contributed by atoms with van der Waals surface area (Å²) in [6.45, 7) is 1.54. The first kappa shape index (κ1) is 38.9. The Morgan fingerprint density at radius 1 is 1.13 bits per heavy atom. The van der Waals surface area contributed by atoms with Crippen molar-refractivity contribution in [1.29, 1.82) is 0 Å². The summed E-state index contributed by atoms with van der Waals surface area (Å²) in [7, 11) is -3.99. The molecule has 3 aromatic rings. The number of thiazole rings is 1. The van der Waals surface area contributed by atoms with E-state index in [0.717, 1.165) is 27.7 Å². The maximum Gasteiger partial charge on any atom is 0.416 e. The van der Waals surface area contributed by atoms with Gasteiger partial charge in [0, 0.05) is 23.2 Å². The van der Waals surface area contributed by atoms with Crippen LogP contribution < -0.4 is 9.46 Å². The van der Waals surface area contributed by atoms with Crippen molar-refractivity contribution in [3.63, 3.8) is 0 Å². The summed E-state index contributed by atoms with van der Waals surface area (Å²) in [5.74, 6) is -3.98. The molecule has 2 aromatic carbocycles. The van der Waals surface area contributed by atoms with Crippen molar-refractivity contribution in [1.82, 2.24) is 14.6 Å². The van der Waals surface area contributed by atoms with Gasteiger partial charge in [0.15, 0.2) is 5.78 Å². The van der Waals surface area contributed by atoms with Crippen molar-refractivity contribution in [2.75, 3.05) is 6.54 Å².